The summed E-state index contributed by atoms with van der Waals surface area (Å²) in [7, 11) is 1.62. The molecule has 0 saturated carbocycles. The van der Waals surface area contributed by atoms with Crippen LogP contribution in [0.5, 0.6) is 0 Å². The van der Waals surface area contributed by atoms with Crippen LogP contribution in [0.4, 0.5) is 0 Å². The van der Waals surface area contributed by atoms with E-state index in [1.54, 1.807) is 18.2 Å². The Morgan fingerprint density at radius 2 is 2.47 bits per heavy atom. The smallest absolute Gasteiger partial charge is 0.223 e. The predicted molar refractivity (Wildman–Crippen MR) is 75.3 cm³/mol. The highest BCUT2D eigenvalue weighted by molar-refractivity contribution is 7.15. The Bertz CT molecular complexity index is 440. The number of aromatic nitrogens is 1. The molecule has 2 heterocycles. The Hall–Kier alpha value is -0.690. The van der Waals surface area contributed by atoms with E-state index in [1.165, 1.54) is 11.3 Å². The maximum Gasteiger partial charge on any atom is 0.223 e. The first-order valence-corrected chi connectivity index (χ1v) is 7.48. The van der Waals surface area contributed by atoms with Crippen LogP contribution in [-0.2, 0) is 9.53 Å². The zero-order chi connectivity index (χ0) is 13.8. The van der Waals surface area contributed by atoms with Crippen molar-refractivity contribution in [2.75, 3.05) is 20.3 Å². The van der Waals surface area contributed by atoms with Gasteiger partial charge in [0.1, 0.15) is 9.34 Å². The number of nitrogens with two attached hydrogens (primary N) is 1. The Kier molecular flexibility index (Phi) is 5.15. The highest BCUT2D eigenvalue weighted by Gasteiger charge is 2.34. The summed E-state index contributed by atoms with van der Waals surface area (Å²) in [5.74, 6) is 0.112. The summed E-state index contributed by atoms with van der Waals surface area (Å²) in [6, 6.07) is -0.298. The number of thiazole rings is 1. The molecule has 2 N–H and O–H groups in total. The summed E-state index contributed by atoms with van der Waals surface area (Å²) >= 11 is 7.33. The predicted octanol–water partition coefficient (Wildman–Crippen LogP) is 1.82. The van der Waals surface area contributed by atoms with Gasteiger partial charge in [-0.25, -0.2) is 4.98 Å². The monoisotopic (exact) mass is 303 g/mol. The molecule has 0 radical (unpaired) electrons. The number of likely N-dealkylation sites (tertiary alicyclic amines) is 1. The SMILES string of the molecule is COCCN1C(=O)CCCC(N)C1c1ncc(Cl)s1. The van der Waals surface area contributed by atoms with Crippen LogP contribution in [0.3, 0.4) is 0 Å². The summed E-state index contributed by atoms with van der Waals surface area (Å²) in [4.78, 5) is 18.3. The first-order valence-electron chi connectivity index (χ1n) is 6.28. The van der Waals surface area contributed by atoms with E-state index >= 15 is 0 Å². The molecular formula is C12H18ClN3O2S. The van der Waals surface area contributed by atoms with Gasteiger partial charge in [-0.1, -0.05) is 11.6 Å². The van der Waals surface area contributed by atoms with Crippen molar-refractivity contribution in [3.8, 4) is 0 Å². The van der Waals surface area contributed by atoms with E-state index in [2.05, 4.69) is 4.98 Å². The number of rotatable bonds is 4. The summed E-state index contributed by atoms with van der Waals surface area (Å²) in [5, 5.41) is 0.809. The molecule has 0 aromatic carbocycles. The van der Waals surface area contributed by atoms with Crippen LogP contribution in [0.15, 0.2) is 6.20 Å². The van der Waals surface area contributed by atoms with Gasteiger partial charge in [-0.3, -0.25) is 4.79 Å². The highest BCUT2D eigenvalue weighted by atomic mass is 35.5. The average molecular weight is 304 g/mol. The number of hydrogen-bond donors (Lipinski definition) is 1. The molecule has 2 unspecified atom stereocenters. The lowest BCUT2D eigenvalue weighted by Crippen LogP contribution is -2.43. The van der Waals surface area contributed by atoms with Crippen molar-refractivity contribution >= 4 is 28.8 Å². The largest absolute Gasteiger partial charge is 0.383 e. The molecule has 1 aliphatic heterocycles. The van der Waals surface area contributed by atoms with Crippen molar-refractivity contribution < 1.29 is 9.53 Å². The molecule has 1 aliphatic rings. The van der Waals surface area contributed by atoms with Gasteiger partial charge in [0.15, 0.2) is 0 Å². The van der Waals surface area contributed by atoms with Gasteiger partial charge in [-0.2, -0.15) is 0 Å². The van der Waals surface area contributed by atoms with Gasteiger partial charge in [0.25, 0.3) is 0 Å². The summed E-state index contributed by atoms with van der Waals surface area (Å²) in [6.45, 7) is 1.03. The topological polar surface area (TPSA) is 68.5 Å². The summed E-state index contributed by atoms with van der Waals surface area (Å²) < 4.78 is 5.70. The minimum Gasteiger partial charge on any atom is -0.383 e. The molecule has 19 heavy (non-hydrogen) atoms. The molecule has 5 nitrogen and oxygen atoms in total. The second-order valence-corrected chi connectivity index (χ2v) is 6.28. The van der Waals surface area contributed by atoms with Gasteiger partial charge in [-0.05, 0) is 12.8 Å². The summed E-state index contributed by atoms with van der Waals surface area (Å²) in [6.07, 6.45) is 3.78. The Morgan fingerprint density at radius 3 is 3.11 bits per heavy atom. The van der Waals surface area contributed by atoms with Crippen molar-refractivity contribution in [1.82, 2.24) is 9.88 Å². The summed E-state index contributed by atoms with van der Waals surface area (Å²) in [5.41, 5.74) is 6.23. The molecule has 106 valence electrons. The third-order valence-electron chi connectivity index (χ3n) is 3.27. The molecule has 2 rings (SSSR count). The molecule has 1 fully saturated rings. The van der Waals surface area contributed by atoms with Gasteiger partial charge >= 0.3 is 0 Å². The van der Waals surface area contributed by atoms with E-state index in [4.69, 9.17) is 22.1 Å². The van der Waals surface area contributed by atoms with Gasteiger partial charge in [-0.15, -0.1) is 11.3 Å². The van der Waals surface area contributed by atoms with Crippen LogP contribution in [0.25, 0.3) is 0 Å². The van der Waals surface area contributed by atoms with Crippen LogP contribution in [-0.4, -0.2) is 42.1 Å². The average Bonchev–Trinajstić information content (AvgIpc) is 2.74. The molecule has 1 aromatic heterocycles. The van der Waals surface area contributed by atoms with Crippen LogP contribution in [0.1, 0.15) is 30.3 Å². The van der Waals surface area contributed by atoms with Crippen LogP contribution >= 0.6 is 22.9 Å². The number of carbonyl (C=O) groups is 1. The van der Waals surface area contributed by atoms with Crippen LogP contribution in [0.2, 0.25) is 4.34 Å². The molecule has 0 aliphatic carbocycles. The first-order chi connectivity index (χ1) is 9.13. The molecular weight excluding hydrogens is 286 g/mol. The second kappa shape index (κ2) is 6.65. The quantitative estimate of drug-likeness (QED) is 0.921. The molecule has 0 spiro atoms. The number of amides is 1. The van der Waals surface area contributed by atoms with E-state index in [0.29, 0.717) is 23.9 Å². The number of methoxy groups -OCH3 is 1. The van der Waals surface area contributed by atoms with Crippen molar-refractivity contribution in [3.05, 3.63) is 15.5 Å². The van der Waals surface area contributed by atoms with Gasteiger partial charge < -0.3 is 15.4 Å². The zero-order valence-electron chi connectivity index (χ0n) is 10.8. The van der Waals surface area contributed by atoms with E-state index in [-0.39, 0.29) is 18.0 Å². The Labute approximate surface area is 121 Å². The van der Waals surface area contributed by atoms with Crippen molar-refractivity contribution in [2.24, 2.45) is 5.73 Å². The molecule has 1 amide bonds. The van der Waals surface area contributed by atoms with Crippen molar-refractivity contribution in [3.63, 3.8) is 0 Å². The van der Waals surface area contributed by atoms with Gasteiger partial charge in [0.2, 0.25) is 5.91 Å². The number of hydrogen-bond acceptors (Lipinski definition) is 5. The van der Waals surface area contributed by atoms with E-state index in [1.807, 2.05) is 0 Å². The number of nitrogens with zero attached hydrogens (tertiary/aromatic N) is 2. The fourth-order valence-corrected chi connectivity index (χ4v) is 3.47. The number of carbonyl (C=O) groups excluding carboxylic acids is 1. The third kappa shape index (κ3) is 3.45. The standard InChI is InChI=1S/C12H18ClN3O2S/c1-18-6-5-16-10(17)4-2-3-8(14)11(16)12-15-7-9(13)19-12/h7-8,11H,2-6,14H2,1H3. The third-order valence-corrected chi connectivity index (χ3v) is 4.46. The van der Waals surface area contributed by atoms with Crippen molar-refractivity contribution in [1.29, 1.82) is 0 Å². The Morgan fingerprint density at radius 1 is 1.68 bits per heavy atom. The van der Waals surface area contributed by atoms with Gasteiger partial charge in [0.05, 0.1) is 18.8 Å². The molecule has 1 aromatic rings. The minimum atomic E-state index is -0.192. The lowest BCUT2D eigenvalue weighted by atomic mass is 10.0. The highest BCUT2D eigenvalue weighted by Crippen LogP contribution is 2.33. The normalized spacial score (nSPS) is 24.6. The van der Waals surface area contributed by atoms with Crippen molar-refractivity contribution in [2.45, 2.75) is 31.3 Å². The number of halogens is 1. The van der Waals surface area contributed by atoms with Gasteiger partial charge in [0, 0.05) is 26.1 Å². The molecule has 0 bridgehead atoms. The molecule has 1 saturated heterocycles. The minimum absolute atomic E-state index is 0.106. The van der Waals surface area contributed by atoms with E-state index < -0.39 is 0 Å². The molecule has 7 heteroatoms. The van der Waals surface area contributed by atoms with E-state index in [0.717, 1.165) is 17.8 Å². The number of ether oxygens (including phenoxy) is 1. The van der Waals surface area contributed by atoms with Crippen LogP contribution in [0, 0.1) is 0 Å². The lowest BCUT2D eigenvalue weighted by Gasteiger charge is -2.31. The van der Waals surface area contributed by atoms with E-state index in [9.17, 15) is 4.79 Å². The molecule has 2 atom stereocenters. The lowest BCUT2D eigenvalue weighted by molar-refractivity contribution is -0.134. The first kappa shape index (κ1) is 14.7. The second-order valence-electron chi connectivity index (χ2n) is 4.58. The fraction of sp³-hybridized carbons (Fsp3) is 0.667. The maximum atomic E-state index is 12.2. The van der Waals surface area contributed by atoms with Crippen LogP contribution < -0.4 is 5.73 Å². The maximum absolute atomic E-state index is 12.2. The zero-order valence-corrected chi connectivity index (χ0v) is 12.4. The fourth-order valence-electron chi connectivity index (χ4n) is 2.35. The Balaban J connectivity index is 2.27.